The first-order valence-corrected chi connectivity index (χ1v) is 9.58. The maximum Gasteiger partial charge on any atom is 0.226 e. The van der Waals surface area contributed by atoms with E-state index in [4.69, 9.17) is 4.98 Å². The zero-order valence-electron chi connectivity index (χ0n) is 12.8. The lowest BCUT2D eigenvalue weighted by Crippen LogP contribution is -2.41. The van der Waals surface area contributed by atoms with Crippen molar-refractivity contribution in [1.29, 1.82) is 0 Å². The molecule has 1 aliphatic heterocycles. The van der Waals surface area contributed by atoms with Crippen LogP contribution in [-0.4, -0.2) is 40.6 Å². The number of anilines is 2. The van der Waals surface area contributed by atoms with Crippen LogP contribution >= 0.6 is 23.1 Å². The second kappa shape index (κ2) is 6.40. The van der Waals surface area contributed by atoms with Gasteiger partial charge in [0.15, 0.2) is 0 Å². The van der Waals surface area contributed by atoms with Gasteiger partial charge in [-0.05, 0) is 26.3 Å². The first-order valence-electron chi connectivity index (χ1n) is 7.61. The Morgan fingerprint density at radius 3 is 2.95 bits per heavy atom. The lowest BCUT2D eigenvalue weighted by molar-refractivity contribution is 0.692. The molecule has 3 rings (SSSR count). The van der Waals surface area contributed by atoms with Crippen LogP contribution in [0.25, 0.3) is 10.2 Å². The van der Waals surface area contributed by atoms with Gasteiger partial charge < -0.3 is 10.2 Å². The van der Waals surface area contributed by atoms with E-state index in [2.05, 4.69) is 42.0 Å². The summed E-state index contributed by atoms with van der Waals surface area (Å²) in [6, 6.07) is 2.81. The number of hydrogen-bond acceptors (Lipinski definition) is 6. The number of rotatable bonds is 4. The van der Waals surface area contributed by atoms with E-state index in [0.717, 1.165) is 36.1 Å². The summed E-state index contributed by atoms with van der Waals surface area (Å²) in [4.78, 5) is 14.4. The summed E-state index contributed by atoms with van der Waals surface area (Å²) in [5, 5.41) is 4.49. The van der Waals surface area contributed by atoms with Crippen molar-refractivity contribution >= 4 is 45.1 Å². The molecule has 114 valence electrons. The normalized spacial score (nSPS) is 19.2. The highest BCUT2D eigenvalue weighted by atomic mass is 32.2. The summed E-state index contributed by atoms with van der Waals surface area (Å²) < 4.78 is 0. The van der Waals surface area contributed by atoms with Crippen molar-refractivity contribution in [1.82, 2.24) is 9.97 Å². The van der Waals surface area contributed by atoms with Crippen molar-refractivity contribution in [3.63, 3.8) is 0 Å². The van der Waals surface area contributed by atoms with Crippen molar-refractivity contribution in [2.45, 2.75) is 33.2 Å². The van der Waals surface area contributed by atoms with Gasteiger partial charge >= 0.3 is 0 Å². The van der Waals surface area contributed by atoms with Crippen molar-refractivity contribution in [3.05, 3.63) is 10.9 Å². The number of hydrogen-bond donors (Lipinski definition) is 1. The van der Waals surface area contributed by atoms with Gasteiger partial charge in [-0.1, -0.05) is 6.92 Å². The van der Waals surface area contributed by atoms with E-state index in [0.29, 0.717) is 6.04 Å². The quantitative estimate of drug-likeness (QED) is 0.931. The van der Waals surface area contributed by atoms with Gasteiger partial charge in [0.05, 0.1) is 5.39 Å². The highest BCUT2D eigenvalue weighted by Gasteiger charge is 2.23. The van der Waals surface area contributed by atoms with Crippen LogP contribution in [0.2, 0.25) is 0 Å². The second-order valence-electron chi connectivity index (χ2n) is 5.30. The summed E-state index contributed by atoms with van der Waals surface area (Å²) in [5.41, 5.74) is 0. The van der Waals surface area contributed by atoms with Crippen LogP contribution in [0.4, 0.5) is 11.8 Å². The van der Waals surface area contributed by atoms with Crippen LogP contribution in [0, 0.1) is 0 Å². The first kappa shape index (κ1) is 14.9. The van der Waals surface area contributed by atoms with Crippen LogP contribution in [-0.2, 0) is 6.42 Å². The van der Waals surface area contributed by atoms with Gasteiger partial charge in [-0.3, -0.25) is 0 Å². The number of nitrogens with zero attached hydrogens (tertiary/aromatic N) is 3. The zero-order chi connectivity index (χ0) is 14.8. The van der Waals surface area contributed by atoms with Gasteiger partial charge in [-0.2, -0.15) is 16.7 Å². The molecular weight excluding hydrogens is 300 g/mol. The summed E-state index contributed by atoms with van der Waals surface area (Å²) in [7, 11) is 0. The molecule has 0 saturated carbocycles. The van der Waals surface area contributed by atoms with Crippen LogP contribution in [0.1, 0.15) is 25.6 Å². The Morgan fingerprint density at radius 1 is 1.38 bits per heavy atom. The predicted molar refractivity (Wildman–Crippen MR) is 95.1 cm³/mol. The molecule has 1 unspecified atom stereocenters. The van der Waals surface area contributed by atoms with Gasteiger partial charge in [0.2, 0.25) is 5.95 Å². The summed E-state index contributed by atoms with van der Waals surface area (Å²) in [6.45, 7) is 8.49. The van der Waals surface area contributed by atoms with E-state index in [1.54, 1.807) is 11.3 Å². The summed E-state index contributed by atoms with van der Waals surface area (Å²) >= 11 is 3.83. The fourth-order valence-electron chi connectivity index (χ4n) is 2.63. The smallest absolute Gasteiger partial charge is 0.226 e. The maximum absolute atomic E-state index is 4.81. The number of fused-ring (bicyclic) bond motifs is 1. The minimum atomic E-state index is 0.529. The topological polar surface area (TPSA) is 41.1 Å². The fourth-order valence-corrected chi connectivity index (χ4v) is 4.60. The minimum absolute atomic E-state index is 0.529. The number of aromatic nitrogens is 2. The Morgan fingerprint density at radius 2 is 2.24 bits per heavy atom. The van der Waals surface area contributed by atoms with Crippen LogP contribution in [0.5, 0.6) is 0 Å². The third-order valence-corrected chi connectivity index (χ3v) is 6.11. The molecule has 0 amide bonds. The minimum Gasteiger partial charge on any atom is -0.354 e. The van der Waals surface area contributed by atoms with Gasteiger partial charge in [-0.15, -0.1) is 11.3 Å². The standard InChI is InChI=1S/C15H22N4S2/c1-4-11-8-12-13(19-6-7-20-9-10(19)3)17-15(16-5-2)18-14(12)21-11/h8,10H,4-7,9H2,1-3H3,(H,16,17,18). The Labute approximate surface area is 134 Å². The molecule has 1 N–H and O–H groups in total. The maximum atomic E-state index is 4.81. The van der Waals surface area contributed by atoms with E-state index in [1.807, 2.05) is 11.8 Å². The van der Waals surface area contributed by atoms with Crippen molar-refractivity contribution in [2.24, 2.45) is 0 Å². The van der Waals surface area contributed by atoms with Gasteiger partial charge in [-0.25, -0.2) is 4.98 Å². The first-order chi connectivity index (χ1) is 10.2. The number of aryl methyl sites for hydroxylation is 1. The Kier molecular flexibility index (Phi) is 4.54. The van der Waals surface area contributed by atoms with Crippen molar-refractivity contribution in [3.8, 4) is 0 Å². The molecule has 2 aromatic rings. The lowest BCUT2D eigenvalue weighted by Gasteiger charge is -2.34. The largest absolute Gasteiger partial charge is 0.354 e. The Balaban J connectivity index is 2.10. The molecule has 1 saturated heterocycles. The molecule has 1 atom stereocenters. The highest BCUT2D eigenvalue weighted by Crippen LogP contribution is 2.34. The monoisotopic (exact) mass is 322 g/mol. The van der Waals surface area contributed by atoms with Crippen LogP contribution in [0.3, 0.4) is 0 Å². The molecule has 2 aromatic heterocycles. The third kappa shape index (κ3) is 2.97. The molecule has 0 aromatic carbocycles. The molecule has 6 heteroatoms. The van der Waals surface area contributed by atoms with Gasteiger partial charge in [0, 0.05) is 35.5 Å². The molecular formula is C15H22N4S2. The Hall–Kier alpha value is -1.01. The van der Waals surface area contributed by atoms with Crippen molar-refractivity contribution < 1.29 is 0 Å². The molecule has 3 heterocycles. The molecule has 1 aliphatic rings. The average Bonchev–Trinajstić information content (AvgIpc) is 2.90. The van der Waals surface area contributed by atoms with Crippen LogP contribution in [0.15, 0.2) is 6.07 Å². The predicted octanol–water partition coefficient (Wildman–Crippen LogP) is 3.63. The highest BCUT2D eigenvalue weighted by molar-refractivity contribution is 7.99. The summed E-state index contributed by atoms with van der Waals surface area (Å²) in [5.74, 6) is 4.22. The molecule has 0 bridgehead atoms. The fraction of sp³-hybridized carbons (Fsp3) is 0.600. The SMILES string of the molecule is CCNc1nc(N2CCSCC2C)c2cc(CC)sc2n1. The molecule has 0 spiro atoms. The zero-order valence-corrected chi connectivity index (χ0v) is 14.5. The number of thioether (sulfide) groups is 1. The Bertz CT molecular complexity index is 625. The van der Waals surface area contributed by atoms with E-state index in [9.17, 15) is 0 Å². The number of thiophene rings is 1. The van der Waals surface area contributed by atoms with Crippen molar-refractivity contribution in [2.75, 3.05) is 34.8 Å². The van der Waals surface area contributed by atoms with Crippen LogP contribution < -0.4 is 10.2 Å². The molecule has 0 aliphatic carbocycles. The lowest BCUT2D eigenvalue weighted by atomic mass is 10.2. The van der Waals surface area contributed by atoms with Gasteiger partial charge in [0.1, 0.15) is 10.6 Å². The molecule has 4 nitrogen and oxygen atoms in total. The van der Waals surface area contributed by atoms with E-state index >= 15 is 0 Å². The number of nitrogens with one attached hydrogen (secondary N) is 1. The van der Waals surface area contributed by atoms with E-state index in [-0.39, 0.29) is 0 Å². The molecule has 21 heavy (non-hydrogen) atoms. The third-order valence-electron chi connectivity index (χ3n) is 3.75. The molecule has 1 fully saturated rings. The average molecular weight is 323 g/mol. The second-order valence-corrected chi connectivity index (χ2v) is 7.57. The van der Waals surface area contributed by atoms with E-state index in [1.165, 1.54) is 21.8 Å². The van der Waals surface area contributed by atoms with Gasteiger partial charge in [0.25, 0.3) is 0 Å². The molecule has 0 radical (unpaired) electrons. The van der Waals surface area contributed by atoms with E-state index < -0.39 is 0 Å². The summed E-state index contributed by atoms with van der Waals surface area (Å²) in [6.07, 6.45) is 1.06.